The summed E-state index contributed by atoms with van der Waals surface area (Å²) in [6.07, 6.45) is -5.37. The maximum absolute atomic E-state index is 9.34. The van der Waals surface area contributed by atoms with Gasteiger partial charge < -0.3 is 84.6 Å². The molecule has 0 saturated carbocycles. The van der Waals surface area contributed by atoms with Gasteiger partial charge in [-0.15, -0.1) is 0 Å². The van der Waals surface area contributed by atoms with Gasteiger partial charge in [-0.1, -0.05) is 0 Å². The van der Waals surface area contributed by atoms with Crippen molar-refractivity contribution in [3.63, 3.8) is 0 Å². The first-order valence-corrected chi connectivity index (χ1v) is 6.13. The van der Waals surface area contributed by atoms with Crippen LogP contribution in [0.15, 0.2) is 0 Å². The second-order valence-electron chi connectivity index (χ2n) is 3.98. The average Bonchev–Trinajstić information content (AvgIpc) is 2.40. The van der Waals surface area contributed by atoms with Gasteiger partial charge in [0.15, 0.2) is 0 Å². The topological polar surface area (TPSA) is 387 Å². The lowest BCUT2D eigenvalue weighted by molar-refractivity contribution is -0.315. The van der Waals surface area contributed by atoms with Crippen molar-refractivity contribution in [2.24, 2.45) is 0 Å². The highest BCUT2D eigenvalue weighted by Crippen LogP contribution is 1.70. The van der Waals surface area contributed by atoms with Gasteiger partial charge >= 0.3 is 0 Å². The van der Waals surface area contributed by atoms with E-state index in [0.717, 1.165) is 27.7 Å². The molecular formula is C12H36N4O12. The van der Waals surface area contributed by atoms with Gasteiger partial charge in [-0.3, -0.25) is 0 Å². The van der Waals surface area contributed by atoms with Crippen molar-refractivity contribution in [2.45, 2.75) is 52.1 Å². The van der Waals surface area contributed by atoms with Crippen LogP contribution >= 0.6 is 0 Å². The lowest BCUT2D eigenvalue weighted by atomic mass is 10.4. The maximum atomic E-state index is 9.34. The summed E-state index contributed by atoms with van der Waals surface area (Å²) in [5.41, 5.74) is 0. The summed E-state index contributed by atoms with van der Waals surface area (Å²) in [5, 5.41) is 69.2. The zero-order valence-corrected chi connectivity index (χ0v) is 17.4. The molecule has 20 N–H and O–H groups in total. The number of aliphatic hydroxyl groups is 4. The van der Waals surface area contributed by atoms with E-state index in [1.165, 1.54) is 0 Å². The molecule has 0 aromatic heterocycles. The molecule has 0 bridgehead atoms. The molecule has 0 aromatic carbocycles. The van der Waals surface area contributed by atoms with E-state index < -0.39 is 48.3 Å². The quantitative estimate of drug-likeness (QED) is 0.207. The van der Waals surface area contributed by atoms with E-state index >= 15 is 0 Å². The first-order chi connectivity index (χ1) is 10.6. The van der Waals surface area contributed by atoms with Crippen LogP contribution in [0.4, 0.5) is 0 Å². The first-order valence-electron chi connectivity index (χ1n) is 6.13. The lowest BCUT2D eigenvalue weighted by Crippen LogP contribution is -2.32. The second kappa shape index (κ2) is 29.3. The van der Waals surface area contributed by atoms with Crippen molar-refractivity contribution in [2.75, 3.05) is 0 Å². The molecule has 0 amide bonds. The van der Waals surface area contributed by atoms with Crippen LogP contribution in [-0.2, 0) is 19.2 Å². The highest BCUT2D eigenvalue weighted by molar-refractivity contribution is 5.69. The molecule has 0 saturated heterocycles. The van der Waals surface area contributed by atoms with Gasteiger partial charge in [0.2, 0.25) is 0 Å². The van der Waals surface area contributed by atoms with Crippen molar-refractivity contribution in [3.05, 3.63) is 0 Å². The number of aliphatic carboxylic acids is 4. The summed E-state index contributed by atoms with van der Waals surface area (Å²) in [4.78, 5) is 37.4. The van der Waals surface area contributed by atoms with E-state index in [9.17, 15) is 39.6 Å². The van der Waals surface area contributed by atoms with Gasteiger partial charge in [-0.2, -0.15) is 0 Å². The Hall–Kier alpha value is -2.44. The van der Waals surface area contributed by atoms with Crippen LogP contribution in [0, 0.1) is 0 Å². The average molecular weight is 428 g/mol. The molecule has 0 aromatic rings. The summed E-state index contributed by atoms with van der Waals surface area (Å²) >= 11 is 0. The van der Waals surface area contributed by atoms with Gasteiger partial charge in [0, 0.05) is 0 Å². The minimum Gasteiger partial charge on any atom is -0.547 e. The molecular weight excluding hydrogens is 392 g/mol. The molecule has 16 nitrogen and oxygen atoms in total. The Morgan fingerprint density at radius 1 is 0.464 bits per heavy atom. The molecule has 0 aliphatic carbocycles. The monoisotopic (exact) mass is 428 g/mol. The molecule has 0 spiro atoms. The first kappa shape index (κ1) is 50.0. The fourth-order valence-electron chi connectivity index (χ4n) is 0. The van der Waals surface area contributed by atoms with Gasteiger partial charge in [-0.25, -0.2) is 0 Å². The number of carboxylic acids is 4. The normalized spacial score (nSPS) is 11.7. The Kier molecular flexibility index (Phi) is 52.4. The molecule has 176 valence electrons. The summed E-state index contributed by atoms with van der Waals surface area (Å²) in [6.45, 7) is 4.54. The van der Waals surface area contributed by atoms with Crippen LogP contribution < -0.4 is 45.0 Å². The minimum absolute atomic E-state index is 0. The number of hydrogen-bond acceptors (Lipinski definition) is 12. The molecule has 0 fully saturated rings. The number of carbonyl (C=O) groups excluding carboxylic acids is 4. The number of hydrogen-bond donors (Lipinski definition) is 8. The summed E-state index contributed by atoms with van der Waals surface area (Å²) in [6, 6.07) is 0. The zero-order valence-electron chi connectivity index (χ0n) is 17.4. The van der Waals surface area contributed by atoms with Crippen LogP contribution in [0.25, 0.3) is 0 Å². The number of carboxylic acid groups (broad SMARTS) is 4. The molecule has 0 aliphatic heterocycles. The smallest absolute Gasteiger partial charge is 0.0905 e. The van der Waals surface area contributed by atoms with Crippen molar-refractivity contribution in [3.8, 4) is 0 Å². The van der Waals surface area contributed by atoms with Crippen molar-refractivity contribution in [1.29, 1.82) is 0 Å². The number of carbonyl (C=O) groups is 4. The Bertz CT molecular complexity index is 317. The molecule has 0 radical (unpaired) electrons. The number of rotatable bonds is 4. The van der Waals surface area contributed by atoms with E-state index in [2.05, 4.69) is 0 Å². The summed E-state index contributed by atoms with van der Waals surface area (Å²) < 4.78 is 0. The second-order valence-corrected chi connectivity index (χ2v) is 3.98. The van der Waals surface area contributed by atoms with Crippen molar-refractivity contribution >= 4 is 23.9 Å². The molecule has 4 atom stereocenters. The Balaban J connectivity index is -0.0000000303. The van der Waals surface area contributed by atoms with Gasteiger partial charge in [0.25, 0.3) is 0 Å². The van der Waals surface area contributed by atoms with Crippen LogP contribution in [0.3, 0.4) is 0 Å². The van der Waals surface area contributed by atoms with E-state index in [0.29, 0.717) is 0 Å². The minimum atomic E-state index is -1.44. The van der Waals surface area contributed by atoms with E-state index in [1.807, 2.05) is 0 Å². The van der Waals surface area contributed by atoms with E-state index in [1.54, 1.807) is 0 Å². The standard InChI is InChI=1S/4C3H6O3.4H3N/c4*1-2(4)3(5)6;;;;/h4*2,4H,1H3,(H,5,6);4*1H3. The van der Waals surface area contributed by atoms with Crippen LogP contribution in [0.1, 0.15) is 27.7 Å². The third-order valence-electron chi connectivity index (χ3n) is 1.36. The number of quaternary nitrogens is 4. The SMILES string of the molecule is CC(O)C(=O)[O-].CC(O)C(=O)[O-].CC(O)C(=O)[O-].CC(O)C(=O)[O-].[NH4+].[NH4+].[NH4+].[NH4+]. The summed E-state index contributed by atoms with van der Waals surface area (Å²) in [7, 11) is 0. The predicted molar refractivity (Wildman–Crippen MR) is 90.7 cm³/mol. The van der Waals surface area contributed by atoms with E-state index in [-0.39, 0.29) is 24.6 Å². The lowest BCUT2D eigenvalue weighted by Gasteiger charge is -2.00. The highest BCUT2D eigenvalue weighted by Gasteiger charge is 1.90. The van der Waals surface area contributed by atoms with Crippen molar-refractivity contribution in [1.82, 2.24) is 24.6 Å². The Morgan fingerprint density at radius 3 is 0.500 bits per heavy atom. The largest absolute Gasteiger partial charge is 0.547 e. The predicted octanol–water partition coefficient (Wildman–Crippen LogP) is -6.03. The van der Waals surface area contributed by atoms with Crippen molar-refractivity contribution < 1.29 is 60.0 Å². The Morgan fingerprint density at radius 2 is 0.500 bits per heavy atom. The maximum Gasteiger partial charge on any atom is 0.0905 e. The highest BCUT2D eigenvalue weighted by atomic mass is 16.4. The fourth-order valence-corrected chi connectivity index (χ4v) is 0. The molecule has 0 rings (SSSR count). The number of aliphatic hydroxyl groups excluding tert-OH is 4. The fraction of sp³-hybridized carbons (Fsp3) is 0.667. The van der Waals surface area contributed by atoms with Crippen LogP contribution in [0.5, 0.6) is 0 Å². The van der Waals surface area contributed by atoms with Crippen LogP contribution in [-0.4, -0.2) is 68.7 Å². The third kappa shape index (κ3) is 65.2. The summed E-state index contributed by atoms with van der Waals surface area (Å²) in [5.74, 6) is -5.74. The van der Waals surface area contributed by atoms with E-state index in [4.69, 9.17) is 20.4 Å². The molecule has 0 aliphatic rings. The van der Waals surface area contributed by atoms with Gasteiger partial charge in [-0.05, 0) is 27.7 Å². The molecule has 0 heterocycles. The molecule has 28 heavy (non-hydrogen) atoms. The third-order valence-corrected chi connectivity index (χ3v) is 1.36. The van der Waals surface area contributed by atoms with Gasteiger partial charge in [0.1, 0.15) is 0 Å². The van der Waals surface area contributed by atoms with Crippen LogP contribution in [0.2, 0.25) is 0 Å². The van der Waals surface area contributed by atoms with Gasteiger partial charge in [0.05, 0.1) is 48.3 Å². The zero-order chi connectivity index (χ0) is 20.6. The Labute approximate surface area is 161 Å². The molecule has 4 unspecified atom stereocenters. The molecule has 16 heteroatoms.